The fourth-order valence-corrected chi connectivity index (χ4v) is 24.0. The molecule has 0 aliphatic carbocycles. The van der Waals surface area contributed by atoms with E-state index in [4.69, 9.17) is 0 Å². The van der Waals surface area contributed by atoms with Crippen LogP contribution in [-0.4, -0.2) is 181 Å². The summed E-state index contributed by atoms with van der Waals surface area (Å²) < 4.78 is 0. The molecule has 9 heteroatoms. The van der Waals surface area contributed by atoms with Gasteiger partial charge >= 0.3 is 0 Å². The molecule has 0 spiro atoms. The van der Waals surface area contributed by atoms with E-state index < -0.39 is 0 Å². The van der Waals surface area contributed by atoms with Crippen molar-refractivity contribution in [2.75, 3.05) is 86.1 Å². The molecule has 108 heavy (non-hydrogen) atoms. The summed E-state index contributed by atoms with van der Waals surface area (Å²) in [4.78, 5) is 18.1. The average Bonchev–Trinajstić information content (AvgIpc) is 1.58. The zero-order valence-corrected chi connectivity index (χ0v) is 76.9. The molecular formula is C99H181N9. The fourth-order valence-electron chi connectivity index (χ4n) is 24.0. The Morgan fingerprint density at radius 1 is 0.315 bits per heavy atom. The molecule has 0 amide bonds. The number of nitrogens with zero attached hydrogens (tertiary/aromatic N) is 7. The molecule has 14 saturated heterocycles. The van der Waals surface area contributed by atoms with Gasteiger partial charge < -0.3 is 35.1 Å². The summed E-state index contributed by atoms with van der Waals surface area (Å²) in [5, 5.41) is 7.27. The molecule has 0 aromatic heterocycles. The number of nitrogens with one attached hydrogen (secondary N) is 2. The summed E-state index contributed by atoms with van der Waals surface area (Å²) in [7, 11) is 4.58. The molecule has 622 valence electrons. The van der Waals surface area contributed by atoms with Crippen LogP contribution in [0.2, 0.25) is 0 Å². The lowest BCUT2D eigenvalue weighted by atomic mass is 9.73. The highest BCUT2D eigenvalue weighted by molar-refractivity contribution is 5.16. The van der Waals surface area contributed by atoms with E-state index in [1.165, 1.54) is 200 Å². The first-order chi connectivity index (χ1) is 49.9. The van der Waals surface area contributed by atoms with Crippen molar-refractivity contribution >= 4 is 0 Å². The van der Waals surface area contributed by atoms with Gasteiger partial charge in [0.15, 0.2) is 0 Å². The Labute approximate surface area is 671 Å². The maximum absolute atomic E-state index is 3.69. The van der Waals surface area contributed by atoms with E-state index in [1.54, 1.807) is 0 Å². The van der Waals surface area contributed by atoms with Crippen molar-refractivity contribution in [1.82, 2.24) is 44.9 Å². The molecule has 0 saturated carbocycles. The van der Waals surface area contributed by atoms with Crippen molar-refractivity contribution < 1.29 is 0 Å². The summed E-state index contributed by atoms with van der Waals surface area (Å²) in [6.07, 6.45) is 47.2. The Morgan fingerprint density at radius 2 is 0.833 bits per heavy atom. The number of hydrogen-bond donors (Lipinski definition) is 2. The second-order valence-electron chi connectivity index (χ2n) is 49.6. The van der Waals surface area contributed by atoms with Crippen molar-refractivity contribution in [2.24, 2.45) is 120 Å². The highest BCUT2D eigenvalue weighted by Crippen LogP contribution is 2.49. The Balaban J connectivity index is 0.000000130. The quantitative estimate of drug-likeness (QED) is 0.231. The standard InChI is InChI=1S/C13H25N.C12H23N.C12H21N.C11H21N.C11H19N.C10H19N.C10H17N.C10H19N.C10H17N/c1-13(2,3)12-9-11-5-4-7-14(10-12)8-6-11;2*1-12(2,3)9-7-10-5-6-11(8-9)13(10)4;2*1-11(2,3)8-6-9-4-5-10(7-8)12-9;2*1-10(2,3)9-7-11-5-4-8(9)6-11;2*1-10(2,3)9-6-8-4-5-11(9)7-8/h11-12H,4-10H2,1-3H3;9-11H,5-8H2,1-4H3;5-6,9-11H,7-8H2,1-4H3;8-10,12H,4-7H2,1-3H3;4-5,8-10,12H,6-7H2,1-3H3;8-9H,4-7H2,1-3H3;4-5,8-9H,6-7H2,1-3H3;8-9H,4-7H2,1-3H3;4-5,8-9H,6-7H2,1-3H3. The monoisotopic (exact) mass is 1500 g/mol. The molecule has 9 nitrogen and oxygen atoms in total. The van der Waals surface area contributed by atoms with Gasteiger partial charge in [0.2, 0.25) is 0 Å². The van der Waals surface area contributed by atoms with Crippen LogP contribution in [0.4, 0.5) is 0 Å². The van der Waals surface area contributed by atoms with E-state index >= 15 is 0 Å². The van der Waals surface area contributed by atoms with Gasteiger partial charge in [-0.25, -0.2) is 0 Å². The lowest BCUT2D eigenvalue weighted by Gasteiger charge is -2.42. The van der Waals surface area contributed by atoms with Crippen LogP contribution in [0.1, 0.15) is 315 Å². The largest absolute Gasteiger partial charge is 0.377 e. The van der Waals surface area contributed by atoms with Crippen molar-refractivity contribution in [3.63, 3.8) is 0 Å². The third-order valence-corrected chi connectivity index (χ3v) is 32.2. The summed E-state index contributed by atoms with van der Waals surface area (Å²) >= 11 is 0. The van der Waals surface area contributed by atoms with Crippen LogP contribution in [0, 0.1) is 120 Å². The number of rotatable bonds is 0. The molecule has 0 aromatic rings. The minimum atomic E-state index is 0.458. The van der Waals surface area contributed by atoms with Crippen LogP contribution >= 0.6 is 0 Å². The fraction of sp³-hybridized carbons (Fsp3) is 0.919. The van der Waals surface area contributed by atoms with Crippen molar-refractivity contribution in [3.8, 4) is 0 Å². The SMILES string of the molecule is CC(C)(C)C1CC2C=CC(C1)N2.CC(C)(C)C1CC2C=CN1C2.CC(C)(C)C1CC2CCC(C1)N2.CC(C)(C)C1CC2CCCN(CC2)C1.CC(C)(C)C1CC2CCN1C2.CC(C)(C)C1CN2C=CC1C2.CC(C)(C)C1CN2CCC1C2.CN1C2C=CC1CC(C(C)(C)C)C2.CN1C2CCC1CC(C(C)(C)C)C2. The molecule has 2 N–H and O–H groups in total. The third-order valence-electron chi connectivity index (χ3n) is 32.2. The van der Waals surface area contributed by atoms with Crippen LogP contribution in [0.25, 0.3) is 0 Å². The molecule has 0 aromatic carbocycles. The first kappa shape index (κ1) is 88.6. The molecule has 18 heterocycles. The Hall–Kier alpha value is -1.72. The molecule has 0 radical (unpaired) electrons. The molecule has 18 aliphatic rings. The number of piperidine rings is 6. The lowest BCUT2D eigenvalue weighted by Crippen LogP contribution is -2.44. The highest BCUT2D eigenvalue weighted by atomic mass is 15.2. The third kappa shape index (κ3) is 24.0. The van der Waals surface area contributed by atoms with E-state index in [2.05, 4.69) is 295 Å². The van der Waals surface area contributed by atoms with E-state index in [-0.39, 0.29) is 0 Å². The average molecular weight is 1500 g/mol. The zero-order valence-electron chi connectivity index (χ0n) is 76.9. The first-order valence-corrected chi connectivity index (χ1v) is 46.3. The Kier molecular flexibility index (Phi) is 28.9. The molecule has 18 rings (SSSR count). The first-order valence-electron chi connectivity index (χ1n) is 46.3. The van der Waals surface area contributed by atoms with Crippen LogP contribution < -0.4 is 10.6 Å². The van der Waals surface area contributed by atoms with Gasteiger partial charge in [-0.05, 0) is 295 Å². The summed E-state index contributed by atoms with van der Waals surface area (Å²) in [6.45, 7) is 79.1. The topological polar surface area (TPSA) is 46.7 Å². The van der Waals surface area contributed by atoms with Gasteiger partial charge in [-0.15, -0.1) is 0 Å². The Bertz CT molecular complexity index is 2720. The van der Waals surface area contributed by atoms with Crippen molar-refractivity contribution in [1.29, 1.82) is 0 Å². The number of likely N-dealkylation sites (N-methyl/N-ethyl adjacent to an activating group) is 1. The maximum Gasteiger partial charge on any atom is 0.0339 e. The second kappa shape index (κ2) is 35.2. The van der Waals surface area contributed by atoms with Gasteiger partial charge in [0, 0.05) is 112 Å². The second-order valence-corrected chi connectivity index (χ2v) is 49.6. The van der Waals surface area contributed by atoms with Gasteiger partial charge in [-0.1, -0.05) is 223 Å². The predicted octanol–water partition coefficient (Wildman–Crippen LogP) is 22.1. The minimum Gasteiger partial charge on any atom is -0.377 e. The van der Waals surface area contributed by atoms with Gasteiger partial charge in [0.05, 0.1) is 0 Å². The molecular weight excluding hydrogens is 1320 g/mol. The summed E-state index contributed by atoms with van der Waals surface area (Å²) in [6, 6.07) is 7.98. The summed E-state index contributed by atoms with van der Waals surface area (Å²) in [5.41, 5.74) is 4.55. The molecule has 18 aliphatic heterocycles. The van der Waals surface area contributed by atoms with Crippen LogP contribution in [0.3, 0.4) is 0 Å². The van der Waals surface area contributed by atoms with Crippen molar-refractivity contribution in [3.05, 3.63) is 48.9 Å². The van der Waals surface area contributed by atoms with Gasteiger partial charge in [0.1, 0.15) is 0 Å². The van der Waals surface area contributed by atoms with Gasteiger partial charge in [-0.3, -0.25) is 9.80 Å². The molecule has 21 atom stereocenters. The van der Waals surface area contributed by atoms with Crippen molar-refractivity contribution in [2.45, 2.75) is 376 Å². The summed E-state index contributed by atoms with van der Waals surface area (Å²) in [5.74, 6) is 11.3. The minimum absolute atomic E-state index is 0.458. The van der Waals surface area contributed by atoms with Gasteiger partial charge in [0.25, 0.3) is 0 Å². The van der Waals surface area contributed by atoms with Crippen LogP contribution in [0.5, 0.6) is 0 Å². The maximum atomic E-state index is 3.69. The van der Waals surface area contributed by atoms with E-state index in [9.17, 15) is 0 Å². The molecule has 21 unspecified atom stereocenters. The van der Waals surface area contributed by atoms with E-state index in [1.807, 2.05) is 0 Å². The van der Waals surface area contributed by atoms with Crippen LogP contribution in [-0.2, 0) is 0 Å². The Morgan fingerprint density at radius 3 is 1.22 bits per heavy atom. The van der Waals surface area contributed by atoms with E-state index in [0.717, 1.165) is 119 Å². The zero-order chi connectivity index (χ0) is 79.2. The number of fused-ring (bicyclic) bond motifs is 19. The molecule has 18 bridgehead atoms. The lowest BCUT2D eigenvalue weighted by molar-refractivity contribution is 0.0736. The van der Waals surface area contributed by atoms with E-state index in [0.29, 0.717) is 60.8 Å². The van der Waals surface area contributed by atoms with Crippen LogP contribution in [0.15, 0.2) is 48.9 Å². The van der Waals surface area contributed by atoms with Gasteiger partial charge in [-0.2, -0.15) is 0 Å². The smallest absolute Gasteiger partial charge is 0.0339 e. The molecule has 14 fully saturated rings. The normalized spacial score (nSPS) is 40.0. The predicted molar refractivity (Wildman–Crippen MR) is 468 cm³/mol. The highest BCUT2D eigenvalue weighted by Gasteiger charge is 2.48. The number of hydrogen-bond acceptors (Lipinski definition) is 9.